The number of hydrogen-bond donors (Lipinski definition) is 0. The summed E-state index contributed by atoms with van der Waals surface area (Å²) in [7, 11) is 0.437. The maximum atomic E-state index is 12.6. The SMILES string of the molecule is CCc1ccc(CCOc2ccc(CC3SC(=O)N(COC(=O)OCPC)C3=O)cc2)nc1. The number of hydrogen-bond acceptors (Lipinski definition) is 8. The van der Waals surface area contributed by atoms with E-state index in [4.69, 9.17) is 14.2 Å². The maximum Gasteiger partial charge on any atom is 0.510 e. The fourth-order valence-electron chi connectivity index (χ4n) is 3.06. The van der Waals surface area contributed by atoms with Crippen LogP contribution in [0.25, 0.3) is 0 Å². The van der Waals surface area contributed by atoms with Crippen LogP contribution in [0, 0.1) is 0 Å². The number of pyridine rings is 1. The first-order valence-electron chi connectivity index (χ1n) is 10.6. The monoisotopic (exact) mass is 490 g/mol. The Bertz CT molecular complexity index is 954. The van der Waals surface area contributed by atoms with E-state index in [9.17, 15) is 14.4 Å². The van der Waals surface area contributed by atoms with Crippen molar-refractivity contribution in [3.8, 4) is 5.75 Å². The lowest BCUT2D eigenvalue weighted by molar-refractivity contribution is -0.129. The molecule has 1 aliphatic rings. The van der Waals surface area contributed by atoms with Gasteiger partial charge in [0.05, 0.1) is 11.9 Å². The average Bonchev–Trinajstić information content (AvgIpc) is 3.09. The van der Waals surface area contributed by atoms with Crippen LogP contribution in [-0.4, -0.2) is 58.8 Å². The second-order valence-corrected chi connectivity index (χ2v) is 9.41. The van der Waals surface area contributed by atoms with E-state index in [-0.39, 0.29) is 12.3 Å². The van der Waals surface area contributed by atoms with Crippen LogP contribution in [0.3, 0.4) is 0 Å². The van der Waals surface area contributed by atoms with Gasteiger partial charge in [-0.2, -0.15) is 0 Å². The third kappa shape index (κ3) is 7.44. The summed E-state index contributed by atoms with van der Waals surface area (Å²) in [6, 6.07) is 11.6. The molecule has 2 atom stereocenters. The standard InChI is InChI=1S/C23H27N2O6PS/c1-3-16-4-7-18(24-13-16)10-11-29-19-8-5-17(6-9-19)12-20-21(26)25(22(27)33-20)14-30-23(28)31-15-32-2/h4-9,13,20,32H,3,10-12,14-15H2,1-2H3. The Morgan fingerprint density at radius 1 is 1.12 bits per heavy atom. The predicted octanol–water partition coefficient (Wildman–Crippen LogP) is 4.25. The zero-order valence-corrected chi connectivity index (χ0v) is 20.4. The van der Waals surface area contributed by atoms with Crippen LogP contribution in [0.15, 0.2) is 42.6 Å². The maximum absolute atomic E-state index is 12.6. The Labute approximate surface area is 199 Å². The largest absolute Gasteiger partial charge is 0.510 e. The first-order chi connectivity index (χ1) is 16.0. The van der Waals surface area contributed by atoms with E-state index in [1.54, 1.807) is 0 Å². The van der Waals surface area contributed by atoms with E-state index in [0.717, 1.165) is 40.1 Å². The van der Waals surface area contributed by atoms with Crippen LogP contribution in [0.5, 0.6) is 5.75 Å². The molecule has 10 heteroatoms. The van der Waals surface area contributed by atoms with E-state index in [1.807, 2.05) is 43.2 Å². The number of aromatic nitrogens is 1. The first kappa shape index (κ1) is 25.0. The van der Waals surface area contributed by atoms with Crippen molar-refractivity contribution in [3.05, 3.63) is 59.4 Å². The zero-order chi connectivity index (χ0) is 23.6. The number of rotatable bonds is 11. The third-order valence-corrected chi connectivity index (χ3v) is 6.42. The number of imide groups is 1. The van der Waals surface area contributed by atoms with Gasteiger partial charge in [0, 0.05) is 18.3 Å². The molecule has 1 aliphatic heterocycles. The van der Waals surface area contributed by atoms with Crippen molar-refractivity contribution in [2.24, 2.45) is 0 Å². The molecular weight excluding hydrogens is 463 g/mol. The number of carbonyl (C=O) groups is 3. The summed E-state index contributed by atoms with van der Waals surface area (Å²) in [5, 5.41) is -0.992. The molecule has 1 fully saturated rings. The molecule has 1 aromatic heterocycles. The van der Waals surface area contributed by atoms with Gasteiger partial charge in [-0.1, -0.05) is 45.5 Å². The number of amides is 2. The van der Waals surface area contributed by atoms with Crippen molar-refractivity contribution in [2.75, 3.05) is 26.4 Å². The van der Waals surface area contributed by atoms with Gasteiger partial charge in [0.25, 0.3) is 5.24 Å². The molecule has 2 aromatic rings. The molecule has 0 saturated carbocycles. The lowest BCUT2D eigenvalue weighted by atomic mass is 10.1. The number of benzene rings is 1. The number of ether oxygens (including phenoxy) is 3. The van der Waals surface area contributed by atoms with E-state index < -0.39 is 23.4 Å². The van der Waals surface area contributed by atoms with Gasteiger partial charge in [0.15, 0.2) is 6.73 Å². The van der Waals surface area contributed by atoms with E-state index in [2.05, 4.69) is 18.0 Å². The molecule has 33 heavy (non-hydrogen) atoms. The Morgan fingerprint density at radius 2 is 1.88 bits per heavy atom. The van der Waals surface area contributed by atoms with Gasteiger partial charge in [0.1, 0.15) is 12.1 Å². The van der Waals surface area contributed by atoms with Crippen LogP contribution in [0.1, 0.15) is 23.7 Å². The number of thioether (sulfide) groups is 1. The normalized spacial score (nSPS) is 15.9. The van der Waals surface area contributed by atoms with Gasteiger partial charge in [-0.25, -0.2) is 9.69 Å². The Morgan fingerprint density at radius 3 is 2.55 bits per heavy atom. The second-order valence-electron chi connectivity index (χ2n) is 7.26. The predicted molar refractivity (Wildman–Crippen MR) is 128 cm³/mol. The van der Waals surface area contributed by atoms with Crippen molar-refractivity contribution >= 4 is 37.6 Å². The van der Waals surface area contributed by atoms with Crippen LogP contribution < -0.4 is 4.74 Å². The second kappa shape index (κ2) is 12.6. The molecule has 2 unspecified atom stereocenters. The third-order valence-electron chi connectivity index (χ3n) is 4.92. The van der Waals surface area contributed by atoms with Crippen molar-refractivity contribution in [2.45, 2.75) is 31.4 Å². The number of aryl methyl sites for hydroxylation is 1. The minimum Gasteiger partial charge on any atom is -0.493 e. The molecule has 176 valence electrons. The molecular formula is C23H27N2O6PS. The summed E-state index contributed by atoms with van der Waals surface area (Å²) in [6.45, 7) is 4.06. The molecule has 0 spiro atoms. The highest BCUT2D eigenvalue weighted by atomic mass is 32.2. The van der Waals surface area contributed by atoms with Crippen LogP contribution in [0.2, 0.25) is 0 Å². The van der Waals surface area contributed by atoms with Crippen LogP contribution in [-0.2, 0) is 33.5 Å². The smallest absolute Gasteiger partial charge is 0.493 e. The lowest BCUT2D eigenvalue weighted by Crippen LogP contribution is -2.35. The topological polar surface area (TPSA) is 95.0 Å². The van der Waals surface area contributed by atoms with Crippen molar-refractivity contribution in [1.82, 2.24) is 9.88 Å². The highest BCUT2D eigenvalue weighted by Crippen LogP contribution is 2.30. The van der Waals surface area contributed by atoms with Gasteiger partial charge in [-0.3, -0.25) is 14.6 Å². The molecule has 3 rings (SSSR count). The summed E-state index contributed by atoms with van der Waals surface area (Å²) >= 11 is 0.933. The lowest BCUT2D eigenvalue weighted by Gasteiger charge is -2.14. The number of nitrogens with zero attached hydrogens (tertiary/aromatic N) is 2. The molecule has 1 saturated heterocycles. The Kier molecular flexibility index (Phi) is 9.51. The first-order valence-corrected chi connectivity index (χ1v) is 13.2. The Hall–Kier alpha value is -2.64. The van der Waals surface area contributed by atoms with Gasteiger partial charge < -0.3 is 14.2 Å². The molecule has 2 amide bonds. The van der Waals surface area contributed by atoms with Crippen molar-refractivity contribution in [3.63, 3.8) is 0 Å². The minimum absolute atomic E-state index is 0.251. The quantitative estimate of drug-likeness (QED) is 0.341. The summed E-state index contributed by atoms with van der Waals surface area (Å²) in [6.07, 6.45) is 3.33. The number of carbonyl (C=O) groups excluding carboxylic acids is 3. The fourth-order valence-corrected chi connectivity index (χ4v) is 4.34. The van der Waals surface area contributed by atoms with Gasteiger partial charge in [-0.05, 0) is 48.8 Å². The molecule has 2 heterocycles. The van der Waals surface area contributed by atoms with Gasteiger partial charge in [-0.15, -0.1) is 0 Å². The highest BCUT2D eigenvalue weighted by molar-refractivity contribution is 8.15. The minimum atomic E-state index is -0.886. The molecule has 0 radical (unpaired) electrons. The Balaban J connectivity index is 1.44. The van der Waals surface area contributed by atoms with Gasteiger partial charge in [0.2, 0.25) is 5.91 Å². The summed E-state index contributed by atoms with van der Waals surface area (Å²) < 4.78 is 15.4. The van der Waals surface area contributed by atoms with E-state index in [1.165, 1.54) is 5.56 Å². The zero-order valence-electron chi connectivity index (χ0n) is 18.6. The van der Waals surface area contributed by atoms with Crippen LogP contribution in [0.4, 0.5) is 9.59 Å². The van der Waals surface area contributed by atoms with E-state index in [0.29, 0.717) is 28.0 Å². The van der Waals surface area contributed by atoms with Crippen molar-refractivity contribution in [1.29, 1.82) is 0 Å². The molecule has 1 aromatic carbocycles. The highest BCUT2D eigenvalue weighted by Gasteiger charge is 2.40. The fraction of sp³-hybridized carbons (Fsp3) is 0.391. The molecule has 0 N–H and O–H groups in total. The summed E-state index contributed by atoms with van der Waals surface area (Å²) in [4.78, 5) is 41.5. The molecule has 0 bridgehead atoms. The van der Waals surface area contributed by atoms with Crippen LogP contribution >= 0.6 is 20.3 Å². The summed E-state index contributed by atoms with van der Waals surface area (Å²) in [5.41, 5.74) is 3.10. The van der Waals surface area contributed by atoms with Gasteiger partial charge >= 0.3 is 6.16 Å². The average molecular weight is 491 g/mol. The summed E-state index contributed by atoms with van der Waals surface area (Å²) in [5.74, 6) is 0.351. The van der Waals surface area contributed by atoms with E-state index >= 15 is 0 Å². The molecule has 8 nitrogen and oxygen atoms in total. The molecule has 0 aliphatic carbocycles. The van der Waals surface area contributed by atoms with Crippen molar-refractivity contribution < 1.29 is 28.6 Å².